The lowest BCUT2D eigenvalue weighted by atomic mass is 10.3. The first-order chi connectivity index (χ1) is 6.20. The van der Waals surface area contributed by atoms with Gasteiger partial charge in [-0.05, 0) is 18.2 Å². The monoisotopic (exact) mass is 197 g/mol. The molecule has 1 aliphatic rings. The molecular formula is C9H11NO2S. The Hall–Kier alpha value is -1.16. The van der Waals surface area contributed by atoms with Crippen LogP contribution in [0, 0.1) is 0 Å². The van der Waals surface area contributed by atoms with Crippen LogP contribution >= 0.6 is 0 Å². The zero-order chi connectivity index (χ0) is 9.90. The molecule has 0 atom stereocenters. The van der Waals surface area contributed by atoms with Gasteiger partial charge in [0, 0.05) is 11.6 Å². The molecule has 2 rings (SSSR count). The second-order valence-corrected chi connectivity index (χ2v) is 4.04. The molecule has 0 radical (unpaired) electrons. The predicted molar refractivity (Wildman–Crippen MR) is 51.8 cm³/mol. The van der Waals surface area contributed by atoms with Gasteiger partial charge in [0.25, 0.3) is 0 Å². The summed E-state index contributed by atoms with van der Waals surface area (Å²) in [5.74, 6) is 0. The molecular weight excluding hydrogens is 186 g/mol. The van der Waals surface area contributed by atoms with Crippen molar-refractivity contribution in [2.24, 2.45) is 0 Å². The molecule has 13 heavy (non-hydrogen) atoms. The van der Waals surface area contributed by atoms with Crippen molar-refractivity contribution in [1.82, 2.24) is 4.98 Å². The van der Waals surface area contributed by atoms with Crippen molar-refractivity contribution in [2.45, 2.75) is 18.7 Å². The van der Waals surface area contributed by atoms with Gasteiger partial charge in [-0.25, -0.2) is 8.42 Å². The number of hydrogen-bond donors (Lipinski definition) is 0. The Kier molecular flexibility index (Phi) is 2.83. The Labute approximate surface area is 78.0 Å². The van der Waals surface area contributed by atoms with E-state index in [2.05, 4.69) is 4.98 Å². The first-order valence-electron chi connectivity index (χ1n) is 4.08. The minimum absolute atomic E-state index is 0.306. The topological polar surface area (TPSA) is 47.0 Å². The summed E-state index contributed by atoms with van der Waals surface area (Å²) in [6.07, 6.45) is 3.08. The van der Waals surface area contributed by atoms with Crippen LogP contribution in [0.3, 0.4) is 0 Å². The maximum absolute atomic E-state index is 11.1. The van der Waals surface area contributed by atoms with E-state index in [9.17, 15) is 8.42 Å². The maximum Gasteiger partial charge on any atom is 0.202 e. The van der Waals surface area contributed by atoms with Crippen LogP contribution in [0.1, 0.15) is 19.5 Å². The average Bonchev–Trinajstić information content (AvgIpc) is 2.47. The summed E-state index contributed by atoms with van der Waals surface area (Å²) < 4.78 is 22.3. The number of aromatic nitrogens is 1. The SMILES string of the molecule is CC.O=S1(=O)C=Cc2ncccc21. The predicted octanol–water partition coefficient (Wildman–Crippen LogP) is 1.87. The van der Waals surface area contributed by atoms with Crippen LogP contribution < -0.4 is 0 Å². The summed E-state index contributed by atoms with van der Waals surface area (Å²) in [6, 6.07) is 3.17. The van der Waals surface area contributed by atoms with Crippen LogP contribution in [0.15, 0.2) is 28.6 Å². The molecule has 0 N–H and O–H groups in total. The van der Waals surface area contributed by atoms with E-state index in [0.29, 0.717) is 10.6 Å². The number of nitrogens with zero attached hydrogens (tertiary/aromatic N) is 1. The molecule has 4 heteroatoms. The zero-order valence-electron chi connectivity index (χ0n) is 7.56. The van der Waals surface area contributed by atoms with Gasteiger partial charge in [-0.2, -0.15) is 0 Å². The van der Waals surface area contributed by atoms with Gasteiger partial charge in [-0.3, -0.25) is 4.98 Å². The number of fused-ring (bicyclic) bond motifs is 1. The van der Waals surface area contributed by atoms with Crippen LogP contribution in [-0.4, -0.2) is 13.4 Å². The summed E-state index contributed by atoms with van der Waals surface area (Å²) in [7, 11) is -3.15. The maximum atomic E-state index is 11.1. The van der Waals surface area contributed by atoms with Crippen LogP contribution in [-0.2, 0) is 9.84 Å². The van der Waals surface area contributed by atoms with Crippen molar-refractivity contribution in [2.75, 3.05) is 0 Å². The molecule has 0 spiro atoms. The molecule has 0 saturated carbocycles. The van der Waals surface area contributed by atoms with Gasteiger partial charge < -0.3 is 0 Å². The lowest BCUT2D eigenvalue weighted by Gasteiger charge is -1.93. The number of pyridine rings is 1. The Balaban J connectivity index is 0.000000396. The number of rotatable bonds is 0. The van der Waals surface area contributed by atoms with Gasteiger partial charge in [-0.1, -0.05) is 13.8 Å². The van der Waals surface area contributed by atoms with E-state index < -0.39 is 9.84 Å². The van der Waals surface area contributed by atoms with Gasteiger partial charge >= 0.3 is 0 Å². The van der Waals surface area contributed by atoms with E-state index >= 15 is 0 Å². The molecule has 0 fully saturated rings. The number of sulfone groups is 1. The Morgan fingerprint density at radius 3 is 2.62 bits per heavy atom. The molecule has 0 saturated heterocycles. The van der Waals surface area contributed by atoms with Crippen LogP contribution in [0.4, 0.5) is 0 Å². The second kappa shape index (κ2) is 3.70. The third-order valence-electron chi connectivity index (χ3n) is 1.51. The molecule has 0 aromatic carbocycles. The molecule has 1 aliphatic heterocycles. The minimum atomic E-state index is -3.15. The third kappa shape index (κ3) is 1.78. The van der Waals surface area contributed by atoms with Crippen molar-refractivity contribution in [1.29, 1.82) is 0 Å². The van der Waals surface area contributed by atoms with Gasteiger partial charge in [-0.15, -0.1) is 0 Å². The van der Waals surface area contributed by atoms with E-state index in [1.165, 1.54) is 11.5 Å². The Morgan fingerprint density at radius 2 is 2.00 bits per heavy atom. The normalized spacial score (nSPS) is 15.8. The zero-order valence-corrected chi connectivity index (χ0v) is 8.38. The highest BCUT2D eigenvalue weighted by molar-refractivity contribution is 7.94. The molecule has 1 aromatic rings. The lowest BCUT2D eigenvalue weighted by molar-refractivity contribution is 0.605. The van der Waals surface area contributed by atoms with E-state index in [0.717, 1.165) is 0 Å². The van der Waals surface area contributed by atoms with Crippen molar-refractivity contribution < 1.29 is 8.42 Å². The molecule has 0 unspecified atom stereocenters. The fourth-order valence-electron chi connectivity index (χ4n) is 0.996. The molecule has 0 bridgehead atoms. The molecule has 0 amide bonds. The van der Waals surface area contributed by atoms with Gasteiger partial charge in [0.05, 0.1) is 10.6 Å². The molecule has 1 aromatic heterocycles. The van der Waals surface area contributed by atoms with Gasteiger partial charge in [0.1, 0.15) is 0 Å². The molecule has 70 valence electrons. The van der Waals surface area contributed by atoms with Crippen molar-refractivity contribution in [3.63, 3.8) is 0 Å². The lowest BCUT2D eigenvalue weighted by Crippen LogP contribution is -1.93. The van der Waals surface area contributed by atoms with Crippen molar-refractivity contribution >= 4 is 15.9 Å². The van der Waals surface area contributed by atoms with Gasteiger partial charge in [0.2, 0.25) is 9.84 Å². The smallest absolute Gasteiger partial charge is 0.202 e. The highest BCUT2D eigenvalue weighted by Crippen LogP contribution is 2.23. The Morgan fingerprint density at radius 1 is 1.31 bits per heavy atom. The van der Waals surface area contributed by atoms with Gasteiger partial charge in [0.15, 0.2) is 0 Å². The highest BCUT2D eigenvalue weighted by atomic mass is 32.2. The third-order valence-corrected chi connectivity index (χ3v) is 2.96. The summed E-state index contributed by atoms with van der Waals surface area (Å²) >= 11 is 0. The molecule has 0 aliphatic carbocycles. The minimum Gasteiger partial charge on any atom is -0.255 e. The summed E-state index contributed by atoms with van der Waals surface area (Å²) in [6.45, 7) is 4.00. The van der Waals surface area contributed by atoms with Crippen LogP contribution in [0.25, 0.3) is 6.08 Å². The first kappa shape index (κ1) is 9.92. The van der Waals surface area contributed by atoms with E-state index in [-0.39, 0.29) is 0 Å². The summed E-state index contributed by atoms with van der Waals surface area (Å²) in [5, 5.41) is 1.17. The summed E-state index contributed by atoms with van der Waals surface area (Å²) in [5.41, 5.74) is 0.535. The second-order valence-electron chi connectivity index (χ2n) is 2.23. The fourth-order valence-corrected chi connectivity index (χ4v) is 2.13. The molecule has 2 heterocycles. The number of hydrogen-bond acceptors (Lipinski definition) is 3. The van der Waals surface area contributed by atoms with E-state index in [1.807, 2.05) is 13.8 Å². The fraction of sp³-hybridized carbons (Fsp3) is 0.222. The standard InChI is InChI=1S/C7H5NO2S.C2H6/c9-11(10)5-3-6-7(11)2-1-4-8-6;1-2/h1-5H;1-2H3. The average molecular weight is 197 g/mol. The largest absolute Gasteiger partial charge is 0.255 e. The summed E-state index contributed by atoms with van der Waals surface area (Å²) in [4.78, 5) is 4.19. The quantitative estimate of drug-likeness (QED) is 0.637. The van der Waals surface area contributed by atoms with Crippen molar-refractivity contribution in [3.05, 3.63) is 29.4 Å². The van der Waals surface area contributed by atoms with E-state index in [4.69, 9.17) is 0 Å². The molecule has 3 nitrogen and oxygen atoms in total. The first-order valence-corrected chi connectivity index (χ1v) is 5.63. The Bertz CT molecular complexity index is 421. The van der Waals surface area contributed by atoms with Crippen LogP contribution in [0.2, 0.25) is 0 Å². The highest BCUT2D eigenvalue weighted by Gasteiger charge is 2.20. The van der Waals surface area contributed by atoms with Crippen molar-refractivity contribution in [3.8, 4) is 0 Å². The van der Waals surface area contributed by atoms with Crippen LogP contribution in [0.5, 0.6) is 0 Å². The van der Waals surface area contributed by atoms with E-state index in [1.54, 1.807) is 18.3 Å².